The monoisotopic (exact) mass is 443 g/mol. The molecule has 0 atom stereocenters. The molecule has 1 aliphatic heterocycles. The Morgan fingerprint density at radius 1 is 1.16 bits per heavy atom. The molecule has 160 valence electrons. The largest absolute Gasteiger partial charge is 0.495 e. The Morgan fingerprint density at radius 2 is 1.90 bits per heavy atom. The van der Waals surface area contributed by atoms with Gasteiger partial charge in [-0.25, -0.2) is 9.37 Å². The molecule has 0 radical (unpaired) electrons. The fourth-order valence-electron chi connectivity index (χ4n) is 2.91. The molecule has 0 aliphatic carbocycles. The summed E-state index contributed by atoms with van der Waals surface area (Å²) in [4.78, 5) is 20.3. The quantitative estimate of drug-likeness (QED) is 0.517. The first-order valence-corrected chi connectivity index (χ1v) is 9.67. The normalized spacial score (nSPS) is 14.2. The van der Waals surface area contributed by atoms with Gasteiger partial charge < -0.3 is 25.4 Å². The van der Waals surface area contributed by atoms with Gasteiger partial charge in [0.05, 0.1) is 24.0 Å². The third-order valence-electron chi connectivity index (χ3n) is 4.55. The molecule has 8 nitrogen and oxygen atoms in total. The van der Waals surface area contributed by atoms with E-state index < -0.39 is 11.4 Å². The number of hydrogen-bond donors (Lipinski definition) is 3. The number of carbonyl (C=O) groups excluding carboxylic acids is 1. The van der Waals surface area contributed by atoms with Crippen LogP contribution >= 0.6 is 11.6 Å². The van der Waals surface area contributed by atoms with Crippen LogP contribution in [0.15, 0.2) is 42.6 Å². The standard InChI is InChI=1S/C21H19ClFN5O3/c1-21(2)19(29)27-15-9-12(5-7-17(15)31-21)25-18-14(23)10-24-20(28-18)26-11-4-6-16(30-3)13(22)8-11/h4-10H,1-3H3,(H,27,29)(H2,24,25,26,28). The Balaban J connectivity index is 1.55. The van der Waals surface area contributed by atoms with Crippen molar-refractivity contribution in [2.45, 2.75) is 19.4 Å². The smallest absolute Gasteiger partial charge is 0.268 e. The first-order valence-electron chi connectivity index (χ1n) is 9.30. The lowest BCUT2D eigenvalue weighted by atomic mass is 10.1. The van der Waals surface area contributed by atoms with Crippen LogP contribution in [-0.2, 0) is 4.79 Å². The summed E-state index contributed by atoms with van der Waals surface area (Å²) in [5.41, 5.74) is 0.638. The Hall–Kier alpha value is -3.59. The van der Waals surface area contributed by atoms with Crippen LogP contribution in [0.1, 0.15) is 13.8 Å². The molecular formula is C21H19ClFN5O3. The molecular weight excluding hydrogens is 425 g/mol. The van der Waals surface area contributed by atoms with Crippen molar-refractivity contribution in [3.8, 4) is 11.5 Å². The van der Waals surface area contributed by atoms with Crippen molar-refractivity contribution in [1.82, 2.24) is 9.97 Å². The zero-order chi connectivity index (χ0) is 22.2. The highest BCUT2D eigenvalue weighted by atomic mass is 35.5. The number of halogens is 2. The third-order valence-corrected chi connectivity index (χ3v) is 4.85. The molecule has 3 N–H and O–H groups in total. The van der Waals surface area contributed by atoms with E-state index in [2.05, 4.69) is 25.9 Å². The van der Waals surface area contributed by atoms with Crippen LogP contribution < -0.4 is 25.4 Å². The molecule has 4 rings (SSSR count). The minimum atomic E-state index is -0.967. The van der Waals surface area contributed by atoms with Gasteiger partial charge in [0, 0.05) is 11.4 Å². The summed E-state index contributed by atoms with van der Waals surface area (Å²) in [5.74, 6) is 0.271. The van der Waals surface area contributed by atoms with E-state index in [0.717, 1.165) is 6.20 Å². The van der Waals surface area contributed by atoms with Gasteiger partial charge in [-0.05, 0) is 50.2 Å². The van der Waals surface area contributed by atoms with Crippen molar-refractivity contribution in [2.24, 2.45) is 0 Å². The van der Waals surface area contributed by atoms with Gasteiger partial charge in [0.2, 0.25) is 5.95 Å². The predicted molar refractivity (Wildman–Crippen MR) is 116 cm³/mol. The summed E-state index contributed by atoms with van der Waals surface area (Å²) in [6.45, 7) is 3.36. The van der Waals surface area contributed by atoms with Gasteiger partial charge in [-0.15, -0.1) is 0 Å². The highest BCUT2D eigenvalue weighted by Gasteiger charge is 2.35. The first kappa shape index (κ1) is 20.7. The number of carbonyl (C=O) groups is 1. The molecule has 10 heteroatoms. The fourth-order valence-corrected chi connectivity index (χ4v) is 3.17. The lowest BCUT2D eigenvalue weighted by Gasteiger charge is -2.31. The maximum Gasteiger partial charge on any atom is 0.268 e. The lowest BCUT2D eigenvalue weighted by Crippen LogP contribution is -2.45. The second-order valence-corrected chi connectivity index (χ2v) is 7.67. The molecule has 1 aromatic heterocycles. The molecule has 1 amide bonds. The minimum Gasteiger partial charge on any atom is -0.495 e. The number of rotatable bonds is 5. The highest BCUT2D eigenvalue weighted by Crippen LogP contribution is 2.36. The predicted octanol–water partition coefficient (Wildman–Crippen LogP) is 4.87. The van der Waals surface area contributed by atoms with Crippen molar-refractivity contribution in [1.29, 1.82) is 0 Å². The average molecular weight is 444 g/mol. The summed E-state index contributed by atoms with van der Waals surface area (Å²) in [6, 6.07) is 10.1. The van der Waals surface area contributed by atoms with E-state index >= 15 is 0 Å². The Labute approximate surface area is 182 Å². The minimum absolute atomic E-state index is 0.0413. The molecule has 0 saturated heterocycles. The molecule has 0 bridgehead atoms. The van der Waals surface area contributed by atoms with Crippen LogP contribution in [0.25, 0.3) is 0 Å². The number of benzene rings is 2. The van der Waals surface area contributed by atoms with Crippen molar-refractivity contribution in [3.63, 3.8) is 0 Å². The molecule has 0 saturated carbocycles. The number of hydrogen-bond acceptors (Lipinski definition) is 7. The molecule has 2 heterocycles. The summed E-state index contributed by atoms with van der Waals surface area (Å²) < 4.78 is 25.1. The second kappa shape index (κ2) is 7.92. The van der Waals surface area contributed by atoms with Gasteiger partial charge in [-0.3, -0.25) is 4.79 Å². The van der Waals surface area contributed by atoms with Crippen molar-refractivity contribution in [3.05, 3.63) is 53.4 Å². The zero-order valence-corrected chi connectivity index (χ0v) is 17.7. The molecule has 3 aromatic rings. The summed E-state index contributed by atoms with van der Waals surface area (Å²) in [5, 5.41) is 9.06. The van der Waals surface area contributed by atoms with Crippen LogP contribution in [0, 0.1) is 5.82 Å². The van der Waals surface area contributed by atoms with Gasteiger partial charge in [0.1, 0.15) is 11.5 Å². The fraction of sp³-hybridized carbons (Fsp3) is 0.190. The SMILES string of the molecule is COc1ccc(Nc2ncc(F)c(Nc3ccc4c(c3)NC(=O)C(C)(C)O4)n2)cc1Cl. The maximum absolute atomic E-state index is 14.3. The highest BCUT2D eigenvalue weighted by molar-refractivity contribution is 6.32. The van der Waals surface area contributed by atoms with E-state index in [9.17, 15) is 9.18 Å². The molecule has 0 unspecified atom stereocenters. The number of ether oxygens (including phenoxy) is 2. The first-order chi connectivity index (χ1) is 14.7. The van der Waals surface area contributed by atoms with Crippen LogP contribution in [0.5, 0.6) is 11.5 Å². The lowest BCUT2D eigenvalue weighted by molar-refractivity contribution is -0.129. The van der Waals surface area contributed by atoms with Crippen molar-refractivity contribution < 1.29 is 18.7 Å². The van der Waals surface area contributed by atoms with Crippen LogP contribution in [0.2, 0.25) is 5.02 Å². The second-order valence-electron chi connectivity index (χ2n) is 7.27. The van der Waals surface area contributed by atoms with E-state index in [-0.39, 0.29) is 17.7 Å². The van der Waals surface area contributed by atoms with Gasteiger partial charge in [-0.1, -0.05) is 11.6 Å². The van der Waals surface area contributed by atoms with Gasteiger partial charge in [0.15, 0.2) is 17.2 Å². The summed E-state index contributed by atoms with van der Waals surface area (Å²) in [7, 11) is 1.52. The van der Waals surface area contributed by atoms with E-state index in [1.54, 1.807) is 50.2 Å². The summed E-state index contributed by atoms with van der Waals surface area (Å²) >= 11 is 6.13. The Morgan fingerprint density at radius 3 is 2.65 bits per heavy atom. The number of fused-ring (bicyclic) bond motifs is 1. The Kier molecular flexibility index (Phi) is 5.28. The topological polar surface area (TPSA) is 97.4 Å². The van der Waals surface area contributed by atoms with Crippen LogP contribution in [-0.4, -0.2) is 28.6 Å². The molecule has 0 spiro atoms. The van der Waals surface area contributed by atoms with Crippen molar-refractivity contribution >= 4 is 46.3 Å². The number of nitrogens with one attached hydrogen (secondary N) is 3. The molecule has 31 heavy (non-hydrogen) atoms. The number of amides is 1. The van der Waals surface area contributed by atoms with E-state index in [4.69, 9.17) is 21.1 Å². The number of aromatic nitrogens is 2. The molecule has 0 fully saturated rings. The van der Waals surface area contributed by atoms with E-state index in [1.165, 1.54) is 7.11 Å². The van der Waals surface area contributed by atoms with Crippen LogP contribution in [0.3, 0.4) is 0 Å². The number of nitrogens with zero attached hydrogens (tertiary/aromatic N) is 2. The van der Waals surface area contributed by atoms with E-state index in [1.807, 2.05) is 0 Å². The third kappa shape index (κ3) is 4.31. The van der Waals surface area contributed by atoms with Gasteiger partial charge in [0.25, 0.3) is 5.91 Å². The van der Waals surface area contributed by atoms with Crippen LogP contribution in [0.4, 0.5) is 33.2 Å². The summed E-state index contributed by atoms with van der Waals surface area (Å²) in [6.07, 6.45) is 1.05. The van der Waals surface area contributed by atoms with E-state index in [0.29, 0.717) is 33.6 Å². The van der Waals surface area contributed by atoms with Gasteiger partial charge in [-0.2, -0.15) is 4.98 Å². The number of anilines is 5. The molecule has 1 aliphatic rings. The Bertz CT molecular complexity index is 1170. The van der Waals surface area contributed by atoms with Gasteiger partial charge >= 0.3 is 0 Å². The number of methoxy groups -OCH3 is 1. The molecule has 2 aromatic carbocycles. The zero-order valence-electron chi connectivity index (χ0n) is 16.9. The van der Waals surface area contributed by atoms with Crippen molar-refractivity contribution in [2.75, 3.05) is 23.1 Å². The average Bonchev–Trinajstić information content (AvgIpc) is 2.71. The maximum atomic E-state index is 14.3.